The van der Waals surface area contributed by atoms with Gasteiger partial charge in [0, 0.05) is 24.9 Å². The van der Waals surface area contributed by atoms with Gasteiger partial charge in [-0.1, -0.05) is 6.92 Å². The number of likely N-dealkylation sites (tertiary alicyclic amines) is 1. The fourth-order valence-electron chi connectivity index (χ4n) is 1.57. The molecule has 0 saturated carbocycles. The molecule has 1 aliphatic rings. The average Bonchev–Trinajstić information content (AvgIpc) is 2.64. The summed E-state index contributed by atoms with van der Waals surface area (Å²) in [6.07, 6.45) is 0.677. The van der Waals surface area contributed by atoms with Crippen molar-refractivity contribution in [2.75, 3.05) is 19.0 Å². The van der Waals surface area contributed by atoms with E-state index in [2.05, 4.69) is 0 Å². The Balaban J connectivity index is 2.49. The topological polar surface area (TPSA) is 63.4 Å². The number of carbonyl (C=O) groups excluding carboxylic acids is 2. The zero-order valence-corrected chi connectivity index (χ0v) is 8.96. The Morgan fingerprint density at radius 2 is 2.29 bits per heavy atom. The molecule has 1 saturated heterocycles. The van der Waals surface area contributed by atoms with Crippen LogP contribution in [0, 0.1) is 11.8 Å². The third kappa shape index (κ3) is 2.38. The minimum atomic E-state index is -0.321. The molecule has 0 aliphatic carbocycles. The summed E-state index contributed by atoms with van der Waals surface area (Å²) in [6.45, 7) is 2.86. The van der Waals surface area contributed by atoms with Gasteiger partial charge in [0.15, 0.2) is 0 Å². The maximum absolute atomic E-state index is 11.6. The van der Waals surface area contributed by atoms with Crippen molar-refractivity contribution in [2.24, 2.45) is 17.6 Å². The lowest BCUT2D eigenvalue weighted by Gasteiger charge is -2.19. The van der Waals surface area contributed by atoms with Gasteiger partial charge in [0.05, 0.1) is 5.92 Å². The van der Waals surface area contributed by atoms with Gasteiger partial charge in [0.2, 0.25) is 11.8 Å². The Labute approximate surface area is 88.4 Å². The second-order valence-electron chi connectivity index (χ2n) is 3.73. The predicted molar refractivity (Wildman–Crippen MR) is 53.8 cm³/mol. The van der Waals surface area contributed by atoms with Crippen LogP contribution in [0.1, 0.15) is 13.3 Å². The lowest BCUT2D eigenvalue weighted by Crippen LogP contribution is -2.35. The highest BCUT2D eigenvalue weighted by Crippen LogP contribution is 2.18. The van der Waals surface area contributed by atoms with Gasteiger partial charge in [0.1, 0.15) is 0 Å². The third-order valence-corrected chi connectivity index (χ3v) is 3.02. The first-order valence-electron chi connectivity index (χ1n) is 4.70. The van der Waals surface area contributed by atoms with Crippen LogP contribution in [-0.2, 0) is 9.59 Å². The number of nitrogens with two attached hydrogens (primary N) is 1. The van der Waals surface area contributed by atoms with Crippen molar-refractivity contribution in [1.29, 1.82) is 0 Å². The molecule has 0 aromatic heterocycles. The summed E-state index contributed by atoms with van der Waals surface area (Å²) in [4.78, 5) is 24.2. The van der Waals surface area contributed by atoms with Gasteiger partial charge in [-0.05, 0) is 6.42 Å². The molecule has 1 rings (SSSR count). The summed E-state index contributed by atoms with van der Waals surface area (Å²) in [5, 5.41) is 0. The molecule has 5 heteroatoms. The second-order valence-corrected chi connectivity index (χ2v) is 4.04. The monoisotopic (exact) mass is 218 g/mol. The number of rotatable bonds is 3. The molecule has 0 aromatic carbocycles. The van der Waals surface area contributed by atoms with Crippen LogP contribution in [0.3, 0.4) is 0 Å². The average molecular weight is 219 g/mol. The molecular formula is C9H15ClN2O2. The van der Waals surface area contributed by atoms with E-state index >= 15 is 0 Å². The van der Waals surface area contributed by atoms with Gasteiger partial charge in [-0.25, -0.2) is 0 Å². The van der Waals surface area contributed by atoms with E-state index in [0.717, 1.165) is 0 Å². The van der Waals surface area contributed by atoms with Gasteiger partial charge in [0.25, 0.3) is 0 Å². The number of hydrogen-bond donors (Lipinski definition) is 1. The number of carbonyl (C=O) groups is 2. The van der Waals surface area contributed by atoms with Crippen LogP contribution in [0.15, 0.2) is 0 Å². The van der Waals surface area contributed by atoms with Crippen molar-refractivity contribution in [1.82, 2.24) is 4.90 Å². The smallest absolute Gasteiger partial charge is 0.226 e. The molecule has 4 nitrogen and oxygen atoms in total. The third-order valence-electron chi connectivity index (χ3n) is 2.56. The van der Waals surface area contributed by atoms with E-state index in [0.29, 0.717) is 25.4 Å². The van der Waals surface area contributed by atoms with Crippen molar-refractivity contribution >= 4 is 23.4 Å². The van der Waals surface area contributed by atoms with Gasteiger partial charge < -0.3 is 10.6 Å². The zero-order valence-electron chi connectivity index (χ0n) is 8.20. The van der Waals surface area contributed by atoms with Gasteiger partial charge in [-0.15, -0.1) is 11.6 Å². The Kier molecular flexibility index (Phi) is 3.75. The molecule has 1 aliphatic heterocycles. The molecule has 1 heterocycles. The van der Waals surface area contributed by atoms with Crippen molar-refractivity contribution in [3.63, 3.8) is 0 Å². The number of nitrogens with zero attached hydrogens (tertiary/aromatic N) is 1. The van der Waals surface area contributed by atoms with Crippen LogP contribution in [0.5, 0.6) is 0 Å². The molecule has 2 unspecified atom stereocenters. The number of alkyl halides is 1. The van der Waals surface area contributed by atoms with Crippen LogP contribution in [0.4, 0.5) is 0 Å². The summed E-state index contributed by atoms with van der Waals surface area (Å²) in [7, 11) is 0. The fraction of sp³-hybridized carbons (Fsp3) is 0.778. The molecule has 2 amide bonds. The molecular weight excluding hydrogens is 204 g/mol. The highest BCUT2D eigenvalue weighted by Gasteiger charge is 2.31. The van der Waals surface area contributed by atoms with E-state index in [1.165, 1.54) is 0 Å². The molecule has 80 valence electrons. The molecule has 0 bridgehead atoms. The highest BCUT2D eigenvalue weighted by molar-refractivity contribution is 6.19. The SMILES string of the molecule is CC(CCl)C(=O)N1CCC(C(N)=O)C1. The lowest BCUT2D eigenvalue weighted by atomic mass is 10.1. The normalized spacial score (nSPS) is 23.6. The molecule has 0 spiro atoms. The van der Waals surface area contributed by atoms with Crippen LogP contribution in [0.2, 0.25) is 0 Å². The number of hydrogen-bond acceptors (Lipinski definition) is 2. The Morgan fingerprint density at radius 3 is 2.71 bits per heavy atom. The van der Waals surface area contributed by atoms with E-state index in [1.54, 1.807) is 11.8 Å². The first kappa shape index (κ1) is 11.3. The maximum atomic E-state index is 11.6. The summed E-state index contributed by atoms with van der Waals surface area (Å²) in [5.41, 5.74) is 5.17. The van der Waals surface area contributed by atoms with E-state index in [1.807, 2.05) is 0 Å². The number of primary amides is 1. The van der Waals surface area contributed by atoms with Crippen LogP contribution < -0.4 is 5.73 Å². The summed E-state index contributed by atoms with van der Waals surface area (Å²) in [5.74, 6) is -0.344. The Hall–Kier alpha value is -0.770. The first-order chi connectivity index (χ1) is 6.56. The quantitative estimate of drug-likeness (QED) is 0.688. The summed E-state index contributed by atoms with van der Waals surface area (Å²) in [6, 6.07) is 0. The molecule has 2 N–H and O–H groups in total. The van der Waals surface area contributed by atoms with Gasteiger partial charge in [-0.3, -0.25) is 9.59 Å². The largest absolute Gasteiger partial charge is 0.369 e. The highest BCUT2D eigenvalue weighted by atomic mass is 35.5. The minimum Gasteiger partial charge on any atom is -0.369 e. The van der Waals surface area contributed by atoms with Crippen LogP contribution in [0.25, 0.3) is 0 Å². The maximum Gasteiger partial charge on any atom is 0.226 e. The van der Waals surface area contributed by atoms with Crippen molar-refractivity contribution in [2.45, 2.75) is 13.3 Å². The van der Waals surface area contributed by atoms with Crippen molar-refractivity contribution in [3.05, 3.63) is 0 Å². The molecule has 0 radical (unpaired) electrons. The summed E-state index contributed by atoms with van der Waals surface area (Å²) < 4.78 is 0. The van der Waals surface area contributed by atoms with Gasteiger partial charge >= 0.3 is 0 Å². The Bertz CT molecular complexity index is 245. The predicted octanol–water partition coefficient (Wildman–Crippen LogP) is 0.195. The summed E-state index contributed by atoms with van der Waals surface area (Å²) >= 11 is 5.59. The van der Waals surface area contributed by atoms with Crippen LogP contribution >= 0.6 is 11.6 Å². The van der Waals surface area contributed by atoms with E-state index < -0.39 is 0 Å². The lowest BCUT2D eigenvalue weighted by molar-refractivity contribution is -0.133. The second kappa shape index (κ2) is 4.64. The Morgan fingerprint density at radius 1 is 1.64 bits per heavy atom. The van der Waals surface area contributed by atoms with Crippen molar-refractivity contribution < 1.29 is 9.59 Å². The molecule has 14 heavy (non-hydrogen) atoms. The van der Waals surface area contributed by atoms with Crippen LogP contribution in [-0.4, -0.2) is 35.7 Å². The fourth-order valence-corrected chi connectivity index (χ4v) is 1.70. The number of amides is 2. The van der Waals surface area contributed by atoms with E-state index in [4.69, 9.17) is 17.3 Å². The van der Waals surface area contributed by atoms with Gasteiger partial charge in [-0.2, -0.15) is 0 Å². The number of halogens is 1. The van der Waals surface area contributed by atoms with Crippen molar-refractivity contribution in [3.8, 4) is 0 Å². The molecule has 2 atom stereocenters. The minimum absolute atomic E-state index is 0.0174. The zero-order chi connectivity index (χ0) is 10.7. The molecule has 0 aromatic rings. The molecule has 1 fully saturated rings. The first-order valence-corrected chi connectivity index (χ1v) is 5.23. The van der Waals surface area contributed by atoms with E-state index in [-0.39, 0.29) is 23.7 Å². The standard InChI is InChI=1S/C9H15ClN2O2/c1-6(4-10)9(14)12-3-2-7(5-12)8(11)13/h6-7H,2-5H2,1H3,(H2,11,13). The van der Waals surface area contributed by atoms with E-state index in [9.17, 15) is 9.59 Å².